The minimum Gasteiger partial charge on any atom is -0.468 e. The van der Waals surface area contributed by atoms with Gasteiger partial charge in [-0.25, -0.2) is 4.79 Å². The molecule has 0 aliphatic heterocycles. The van der Waals surface area contributed by atoms with Crippen LogP contribution < -0.4 is 15.2 Å². The molecule has 0 amide bonds. The average Bonchev–Trinajstić information content (AvgIpc) is 2.87. The summed E-state index contributed by atoms with van der Waals surface area (Å²) in [5.41, 5.74) is 3.82. The van der Waals surface area contributed by atoms with Crippen LogP contribution in [0.25, 0.3) is 0 Å². The van der Waals surface area contributed by atoms with E-state index in [1.165, 1.54) is 19.2 Å². The molecule has 1 aromatic rings. The molecule has 0 radical (unpaired) electrons. The molecule has 0 spiro atoms. The molecule has 0 unspecified atom stereocenters. The Labute approximate surface area is 225 Å². The summed E-state index contributed by atoms with van der Waals surface area (Å²) in [5.74, 6) is -1.59. The molecule has 214 valence electrons. The third-order valence-corrected chi connectivity index (χ3v) is 6.59. The number of esters is 3. The lowest BCUT2D eigenvalue weighted by atomic mass is 9.88. The number of benzene rings is 1. The van der Waals surface area contributed by atoms with Crippen LogP contribution in [0.2, 0.25) is 0 Å². The first-order valence-corrected chi connectivity index (χ1v) is 12.9. The van der Waals surface area contributed by atoms with E-state index in [1.807, 2.05) is 20.8 Å². The maximum Gasteiger partial charge on any atom is 0.508 e. The number of rotatable bonds is 14. The van der Waals surface area contributed by atoms with Gasteiger partial charge in [-0.15, -0.1) is 0 Å². The summed E-state index contributed by atoms with van der Waals surface area (Å²) < 4.78 is 26.1. The minimum atomic E-state index is -1.56. The molecule has 1 rings (SSSR count). The number of hydrogen-bond acceptors (Lipinski definition) is 10. The fourth-order valence-electron chi connectivity index (χ4n) is 2.96. The van der Waals surface area contributed by atoms with Crippen molar-refractivity contribution < 1.29 is 42.9 Å². The molecule has 0 aromatic heterocycles. The molecule has 10 heteroatoms. The molecule has 10 nitrogen and oxygen atoms in total. The van der Waals surface area contributed by atoms with E-state index in [1.54, 1.807) is 33.8 Å². The quantitative estimate of drug-likeness (QED) is 0.261. The molecule has 38 heavy (non-hydrogen) atoms. The van der Waals surface area contributed by atoms with E-state index in [-0.39, 0.29) is 37.6 Å². The monoisotopic (exact) mass is 537 g/mol. The van der Waals surface area contributed by atoms with E-state index >= 15 is 0 Å². The normalized spacial score (nSPS) is 13.2. The number of carbonyl (C=O) groups excluding carboxylic acids is 4. The van der Waals surface area contributed by atoms with Gasteiger partial charge in [-0.05, 0) is 64.7 Å². The fraction of sp³-hybridized carbons (Fsp3) is 0.643. The van der Waals surface area contributed by atoms with Crippen LogP contribution in [0.4, 0.5) is 4.79 Å². The van der Waals surface area contributed by atoms with Gasteiger partial charge < -0.3 is 29.4 Å². The van der Waals surface area contributed by atoms with Crippen molar-refractivity contribution in [1.29, 1.82) is 0 Å². The predicted molar refractivity (Wildman–Crippen MR) is 141 cm³/mol. The van der Waals surface area contributed by atoms with Crippen molar-refractivity contribution in [2.24, 2.45) is 16.6 Å². The number of ether oxygens (including phenoxy) is 5. The highest BCUT2D eigenvalue weighted by atomic mass is 16.7. The van der Waals surface area contributed by atoms with E-state index in [4.69, 9.17) is 29.4 Å². The second-order valence-electron chi connectivity index (χ2n) is 10.6. The van der Waals surface area contributed by atoms with Crippen LogP contribution in [0.3, 0.4) is 0 Å². The maximum absolute atomic E-state index is 12.9. The van der Waals surface area contributed by atoms with E-state index in [0.29, 0.717) is 24.8 Å². The molecule has 1 atom stereocenters. The Balaban J connectivity index is 3.29. The predicted octanol–water partition coefficient (Wildman–Crippen LogP) is 4.74. The maximum atomic E-state index is 12.9. The van der Waals surface area contributed by atoms with Crippen LogP contribution >= 0.6 is 0 Å². The zero-order valence-corrected chi connectivity index (χ0v) is 23.9. The summed E-state index contributed by atoms with van der Waals surface area (Å²) in [6.45, 7) is 12.6. The van der Waals surface area contributed by atoms with Crippen LogP contribution in [-0.2, 0) is 35.0 Å². The molecule has 0 saturated heterocycles. The van der Waals surface area contributed by atoms with Gasteiger partial charge in [-0.1, -0.05) is 26.8 Å². The number of methoxy groups -OCH3 is 1. The van der Waals surface area contributed by atoms with Crippen molar-refractivity contribution in [3.05, 3.63) is 23.8 Å². The molecule has 2 N–H and O–H groups in total. The third kappa shape index (κ3) is 9.31. The lowest BCUT2D eigenvalue weighted by Gasteiger charge is -2.27. The summed E-state index contributed by atoms with van der Waals surface area (Å²) in [5, 5.41) is 0. The first-order valence-electron chi connectivity index (χ1n) is 12.9. The molecule has 1 aromatic carbocycles. The lowest BCUT2D eigenvalue weighted by molar-refractivity contribution is -0.148. The molecule has 0 fully saturated rings. The van der Waals surface area contributed by atoms with Crippen molar-refractivity contribution in [1.82, 2.24) is 0 Å². The third-order valence-electron chi connectivity index (χ3n) is 6.59. The van der Waals surface area contributed by atoms with Gasteiger partial charge in [0, 0.05) is 12.8 Å². The standard InChI is InChI=1S/C28H43NO9/c1-9-15-35-25(33)36-16-14-28(29,24(32)34-8)18-19-12-13-20(37-22(30)26(4,5)10-2)21(17-19)38-23(31)27(6,7)11-3/h12-13,17H,9-11,14-16,18,29H2,1-8H3/t28-/m1/s1. The summed E-state index contributed by atoms with van der Waals surface area (Å²) in [7, 11) is 1.21. The minimum absolute atomic E-state index is 0.0286. The zero-order valence-electron chi connectivity index (χ0n) is 23.9. The Morgan fingerprint density at radius 2 is 1.32 bits per heavy atom. The second-order valence-corrected chi connectivity index (χ2v) is 10.6. The van der Waals surface area contributed by atoms with Gasteiger partial charge in [0.15, 0.2) is 11.5 Å². The Bertz CT molecular complexity index is 987. The largest absolute Gasteiger partial charge is 0.508 e. The van der Waals surface area contributed by atoms with E-state index in [2.05, 4.69) is 0 Å². The Morgan fingerprint density at radius 1 is 0.789 bits per heavy atom. The molecule has 0 saturated carbocycles. The second kappa shape index (κ2) is 14.1. The molecule has 0 bridgehead atoms. The zero-order chi connectivity index (χ0) is 29.1. The van der Waals surface area contributed by atoms with Crippen molar-refractivity contribution in [3.63, 3.8) is 0 Å². The van der Waals surface area contributed by atoms with Gasteiger partial charge in [0.25, 0.3) is 0 Å². The van der Waals surface area contributed by atoms with E-state index in [9.17, 15) is 19.2 Å². The van der Waals surface area contributed by atoms with Crippen molar-refractivity contribution >= 4 is 24.1 Å². The Morgan fingerprint density at radius 3 is 1.82 bits per heavy atom. The van der Waals surface area contributed by atoms with Crippen molar-refractivity contribution in [2.75, 3.05) is 20.3 Å². The summed E-state index contributed by atoms with van der Waals surface area (Å²) in [6, 6.07) is 4.62. The summed E-state index contributed by atoms with van der Waals surface area (Å²) >= 11 is 0. The van der Waals surface area contributed by atoms with Crippen LogP contribution in [-0.4, -0.2) is 49.9 Å². The van der Waals surface area contributed by atoms with E-state index in [0.717, 1.165) is 0 Å². The van der Waals surface area contributed by atoms with Gasteiger partial charge in [0.05, 0.1) is 31.2 Å². The smallest absolute Gasteiger partial charge is 0.468 e. The number of carbonyl (C=O) groups is 4. The van der Waals surface area contributed by atoms with Gasteiger partial charge in [0.2, 0.25) is 0 Å². The molecular formula is C28H43NO9. The molecular weight excluding hydrogens is 494 g/mol. The van der Waals surface area contributed by atoms with Crippen molar-refractivity contribution in [3.8, 4) is 11.5 Å². The first kappa shape index (κ1) is 32.9. The highest BCUT2D eigenvalue weighted by Crippen LogP contribution is 2.35. The van der Waals surface area contributed by atoms with Crippen LogP contribution in [0.15, 0.2) is 18.2 Å². The SMILES string of the molecule is CCCOC(=O)OCC[C@@](N)(Cc1ccc(OC(=O)C(C)(C)CC)c(OC(=O)C(C)(C)CC)c1)C(=O)OC. The van der Waals surface area contributed by atoms with Crippen LogP contribution in [0, 0.1) is 10.8 Å². The average molecular weight is 538 g/mol. The summed E-state index contributed by atoms with van der Waals surface area (Å²) in [4.78, 5) is 49.9. The first-order chi connectivity index (χ1) is 17.7. The van der Waals surface area contributed by atoms with E-state index < -0.39 is 40.4 Å². The van der Waals surface area contributed by atoms with Crippen LogP contribution in [0.5, 0.6) is 11.5 Å². The number of hydrogen-bond donors (Lipinski definition) is 1. The fourth-order valence-corrected chi connectivity index (χ4v) is 2.96. The summed E-state index contributed by atoms with van der Waals surface area (Å²) in [6.07, 6.45) is 0.766. The Kier molecular flexibility index (Phi) is 12.2. The molecule has 0 aliphatic carbocycles. The Hall–Kier alpha value is -3.14. The highest BCUT2D eigenvalue weighted by molar-refractivity contribution is 5.82. The van der Waals surface area contributed by atoms with Crippen LogP contribution in [0.1, 0.15) is 79.7 Å². The highest BCUT2D eigenvalue weighted by Gasteiger charge is 2.37. The van der Waals surface area contributed by atoms with Crippen molar-refractivity contribution in [2.45, 2.75) is 86.1 Å². The number of nitrogens with two attached hydrogens (primary N) is 1. The topological polar surface area (TPSA) is 140 Å². The molecule has 0 aliphatic rings. The van der Waals surface area contributed by atoms with Gasteiger partial charge in [0.1, 0.15) is 5.54 Å². The van der Waals surface area contributed by atoms with Gasteiger partial charge in [-0.3, -0.25) is 14.4 Å². The van der Waals surface area contributed by atoms with Gasteiger partial charge >= 0.3 is 24.1 Å². The lowest BCUT2D eigenvalue weighted by Crippen LogP contribution is -2.51. The molecule has 0 heterocycles. The van der Waals surface area contributed by atoms with Gasteiger partial charge in [-0.2, -0.15) is 0 Å².